The highest BCUT2D eigenvalue weighted by atomic mass is 32.2. The van der Waals surface area contributed by atoms with Gasteiger partial charge in [-0.2, -0.15) is 0 Å². The zero-order valence-corrected chi connectivity index (χ0v) is 13.5. The summed E-state index contributed by atoms with van der Waals surface area (Å²) in [6.07, 6.45) is 7.84. The summed E-state index contributed by atoms with van der Waals surface area (Å²) in [6, 6.07) is 20.7. The van der Waals surface area contributed by atoms with Crippen LogP contribution in [0.25, 0.3) is 0 Å². The summed E-state index contributed by atoms with van der Waals surface area (Å²) in [5.41, 5.74) is 2.63. The lowest BCUT2D eigenvalue weighted by atomic mass is 10.1. The minimum absolute atomic E-state index is 0.924. The van der Waals surface area contributed by atoms with Gasteiger partial charge in [0, 0.05) is 11.2 Å². The van der Waals surface area contributed by atoms with Crippen LogP contribution in [0.3, 0.4) is 0 Å². The Labute approximate surface area is 136 Å². The highest BCUT2D eigenvalue weighted by Crippen LogP contribution is 2.06. The van der Waals surface area contributed by atoms with Crippen LogP contribution in [-0.2, 0) is 24.0 Å². The molecular formula is C20H22OS. The van der Waals surface area contributed by atoms with Gasteiger partial charge in [0.1, 0.15) is 10.8 Å². The lowest BCUT2D eigenvalue weighted by Crippen LogP contribution is -1.90. The second kappa shape index (κ2) is 10.0. The van der Waals surface area contributed by atoms with Crippen LogP contribution in [0.4, 0.5) is 0 Å². The SMILES string of the molecule is [O-][S+](C=CCCc1ccccc1)C=CCCc1ccccc1. The smallest absolute Gasteiger partial charge is 0.118 e. The fraction of sp³-hybridized carbons (Fsp3) is 0.200. The van der Waals surface area contributed by atoms with Gasteiger partial charge in [-0.05, 0) is 49.0 Å². The molecule has 0 N–H and O–H groups in total. The summed E-state index contributed by atoms with van der Waals surface area (Å²) >= 11 is -0.997. The van der Waals surface area contributed by atoms with Gasteiger partial charge in [0.25, 0.3) is 0 Å². The molecule has 0 aromatic heterocycles. The molecule has 0 radical (unpaired) electrons. The first kappa shape index (κ1) is 16.6. The molecule has 1 nitrogen and oxygen atoms in total. The molecule has 0 fully saturated rings. The molecular weight excluding hydrogens is 288 g/mol. The summed E-state index contributed by atoms with van der Waals surface area (Å²) in [5, 5.41) is 3.56. The van der Waals surface area contributed by atoms with E-state index >= 15 is 0 Å². The Morgan fingerprint density at radius 2 is 1.09 bits per heavy atom. The van der Waals surface area contributed by atoms with Crippen molar-refractivity contribution < 1.29 is 4.55 Å². The topological polar surface area (TPSA) is 23.1 Å². The van der Waals surface area contributed by atoms with Crippen LogP contribution in [0.1, 0.15) is 24.0 Å². The maximum atomic E-state index is 11.8. The summed E-state index contributed by atoms with van der Waals surface area (Å²) in [7, 11) is 0. The van der Waals surface area contributed by atoms with Gasteiger partial charge in [0.2, 0.25) is 0 Å². The predicted octanol–water partition coefficient (Wildman–Crippen LogP) is 5.03. The number of rotatable bonds is 8. The van der Waals surface area contributed by atoms with E-state index in [9.17, 15) is 4.55 Å². The number of hydrogen-bond acceptors (Lipinski definition) is 1. The molecule has 0 aliphatic carbocycles. The Kier molecular flexibility index (Phi) is 7.57. The Balaban J connectivity index is 1.63. The largest absolute Gasteiger partial charge is 0.607 e. The van der Waals surface area contributed by atoms with Gasteiger partial charge in [-0.3, -0.25) is 0 Å². The number of hydrogen-bond donors (Lipinski definition) is 0. The third-order valence-corrected chi connectivity index (χ3v) is 4.27. The molecule has 2 aromatic rings. The van der Waals surface area contributed by atoms with Crippen LogP contribution < -0.4 is 0 Å². The summed E-state index contributed by atoms with van der Waals surface area (Å²) < 4.78 is 11.8. The molecule has 2 aromatic carbocycles. The molecule has 22 heavy (non-hydrogen) atoms. The molecule has 0 atom stereocenters. The number of benzene rings is 2. The van der Waals surface area contributed by atoms with E-state index < -0.39 is 11.2 Å². The van der Waals surface area contributed by atoms with Crippen molar-refractivity contribution in [3.8, 4) is 0 Å². The molecule has 0 aliphatic rings. The molecule has 0 spiro atoms. The normalized spacial score (nSPS) is 13.0. The molecule has 0 unspecified atom stereocenters. The second-order valence-electron chi connectivity index (χ2n) is 5.12. The van der Waals surface area contributed by atoms with E-state index in [0.29, 0.717) is 0 Å². The van der Waals surface area contributed by atoms with Crippen molar-refractivity contribution in [3.05, 3.63) is 94.8 Å². The Bertz CT molecular complexity index is 522. The summed E-state index contributed by atoms with van der Waals surface area (Å²) in [4.78, 5) is 0. The lowest BCUT2D eigenvalue weighted by Gasteiger charge is -2.00. The van der Waals surface area contributed by atoms with Gasteiger partial charge >= 0.3 is 0 Å². The van der Waals surface area contributed by atoms with E-state index in [2.05, 4.69) is 24.3 Å². The summed E-state index contributed by atoms with van der Waals surface area (Å²) in [6.45, 7) is 0. The van der Waals surface area contributed by atoms with E-state index in [0.717, 1.165) is 25.7 Å². The van der Waals surface area contributed by atoms with Crippen LogP contribution >= 0.6 is 0 Å². The van der Waals surface area contributed by atoms with Crippen LogP contribution in [0.2, 0.25) is 0 Å². The van der Waals surface area contributed by atoms with Crippen molar-refractivity contribution in [2.24, 2.45) is 0 Å². The minimum Gasteiger partial charge on any atom is -0.607 e. The van der Waals surface area contributed by atoms with Crippen LogP contribution in [0.15, 0.2) is 83.6 Å². The van der Waals surface area contributed by atoms with E-state index in [4.69, 9.17) is 0 Å². The van der Waals surface area contributed by atoms with E-state index in [-0.39, 0.29) is 0 Å². The standard InChI is InChI=1S/C20H22OS/c21-22(17-9-7-15-19-11-3-1-4-12-19)18-10-8-16-20-13-5-2-6-14-20/h1-6,9-14,17-18H,7-8,15-16H2. The van der Waals surface area contributed by atoms with Crippen LogP contribution in [0.5, 0.6) is 0 Å². The molecule has 0 heterocycles. The highest BCUT2D eigenvalue weighted by Gasteiger charge is 1.95. The third kappa shape index (κ3) is 6.79. The number of aryl methyl sites for hydroxylation is 2. The molecule has 0 amide bonds. The predicted molar refractivity (Wildman–Crippen MR) is 95.9 cm³/mol. The van der Waals surface area contributed by atoms with Crippen molar-refractivity contribution in [1.29, 1.82) is 0 Å². The number of allylic oxidation sites excluding steroid dienone is 2. The van der Waals surface area contributed by atoms with Crippen molar-refractivity contribution in [3.63, 3.8) is 0 Å². The minimum atomic E-state index is -0.997. The fourth-order valence-corrected chi connectivity index (χ4v) is 2.90. The average Bonchev–Trinajstić information content (AvgIpc) is 2.57. The molecule has 114 valence electrons. The maximum absolute atomic E-state index is 11.8. The Hall–Kier alpha value is -1.77. The molecule has 2 rings (SSSR count). The zero-order chi connectivity index (χ0) is 15.5. The molecule has 0 saturated carbocycles. The molecule has 0 bridgehead atoms. The van der Waals surface area contributed by atoms with E-state index in [1.54, 1.807) is 10.8 Å². The average molecular weight is 310 g/mol. The van der Waals surface area contributed by atoms with Gasteiger partial charge in [-0.25, -0.2) is 0 Å². The van der Waals surface area contributed by atoms with E-state index in [1.165, 1.54) is 11.1 Å². The van der Waals surface area contributed by atoms with Crippen molar-refractivity contribution in [2.45, 2.75) is 25.7 Å². The van der Waals surface area contributed by atoms with Crippen LogP contribution in [-0.4, -0.2) is 4.55 Å². The first-order valence-electron chi connectivity index (χ1n) is 7.65. The second-order valence-corrected chi connectivity index (χ2v) is 6.32. The van der Waals surface area contributed by atoms with Gasteiger partial charge in [-0.15, -0.1) is 0 Å². The first-order chi connectivity index (χ1) is 10.8. The molecule has 0 aliphatic heterocycles. The lowest BCUT2D eigenvalue weighted by molar-refractivity contribution is 0.611. The maximum Gasteiger partial charge on any atom is 0.118 e. The summed E-state index contributed by atoms with van der Waals surface area (Å²) in [5.74, 6) is 0. The zero-order valence-electron chi connectivity index (χ0n) is 12.7. The highest BCUT2D eigenvalue weighted by molar-refractivity contribution is 7.97. The van der Waals surface area contributed by atoms with Crippen molar-refractivity contribution >= 4 is 11.2 Å². The fourth-order valence-electron chi connectivity index (χ4n) is 2.16. The van der Waals surface area contributed by atoms with Crippen molar-refractivity contribution in [1.82, 2.24) is 0 Å². The Morgan fingerprint density at radius 1 is 0.682 bits per heavy atom. The third-order valence-electron chi connectivity index (χ3n) is 3.35. The Morgan fingerprint density at radius 3 is 1.50 bits per heavy atom. The molecule has 0 saturated heterocycles. The van der Waals surface area contributed by atoms with Gasteiger partial charge in [-0.1, -0.05) is 60.7 Å². The van der Waals surface area contributed by atoms with Crippen molar-refractivity contribution in [2.75, 3.05) is 0 Å². The van der Waals surface area contributed by atoms with Gasteiger partial charge in [0.15, 0.2) is 0 Å². The first-order valence-corrected chi connectivity index (χ1v) is 8.93. The van der Waals surface area contributed by atoms with Gasteiger partial charge < -0.3 is 4.55 Å². The quantitative estimate of drug-likeness (QED) is 0.627. The molecule has 2 heteroatoms. The van der Waals surface area contributed by atoms with Crippen LogP contribution in [0, 0.1) is 0 Å². The van der Waals surface area contributed by atoms with Gasteiger partial charge in [0.05, 0.1) is 0 Å². The van der Waals surface area contributed by atoms with E-state index in [1.807, 2.05) is 48.6 Å². The monoisotopic (exact) mass is 310 g/mol.